The van der Waals surface area contributed by atoms with Crippen LogP contribution in [0.25, 0.3) is 11.0 Å². The Kier molecular flexibility index (Phi) is 5.10. The van der Waals surface area contributed by atoms with E-state index in [0.29, 0.717) is 18.9 Å². The summed E-state index contributed by atoms with van der Waals surface area (Å²) < 4.78 is 5.47. The molecule has 5 heteroatoms. The molecule has 1 aromatic carbocycles. The first-order chi connectivity index (χ1) is 13.2. The Morgan fingerprint density at radius 2 is 2.15 bits per heavy atom. The Labute approximate surface area is 159 Å². The van der Waals surface area contributed by atoms with E-state index in [-0.39, 0.29) is 5.91 Å². The van der Waals surface area contributed by atoms with Gasteiger partial charge in [-0.25, -0.2) is 0 Å². The van der Waals surface area contributed by atoms with E-state index in [9.17, 15) is 4.79 Å². The van der Waals surface area contributed by atoms with Crippen LogP contribution >= 0.6 is 0 Å². The van der Waals surface area contributed by atoms with Gasteiger partial charge in [0.1, 0.15) is 5.75 Å². The number of piperidine rings is 1. The van der Waals surface area contributed by atoms with Gasteiger partial charge in [0.05, 0.1) is 24.1 Å². The monoisotopic (exact) mass is 363 g/mol. The maximum Gasteiger partial charge on any atom is 0.227 e. The van der Waals surface area contributed by atoms with Crippen molar-refractivity contribution in [2.45, 2.75) is 32.1 Å². The van der Waals surface area contributed by atoms with E-state index >= 15 is 0 Å². The molecule has 1 aliphatic rings. The average molecular weight is 363 g/mol. The molecule has 1 aliphatic heterocycles. The van der Waals surface area contributed by atoms with E-state index in [1.807, 2.05) is 54.4 Å². The molecule has 3 aromatic rings. The number of aromatic nitrogens is 2. The molecule has 27 heavy (non-hydrogen) atoms. The summed E-state index contributed by atoms with van der Waals surface area (Å²) in [6.45, 7) is 4.22. The van der Waals surface area contributed by atoms with Gasteiger partial charge in [0, 0.05) is 30.9 Å². The van der Waals surface area contributed by atoms with Crippen LogP contribution in [0.3, 0.4) is 0 Å². The van der Waals surface area contributed by atoms with Crippen molar-refractivity contribution in [2.75, 3.05) is 19.7 Å². The maximum absolute atomic E-state index is 12.8. The number of ether oxygens (including phenoxy) is 1. The molecular weight excluding hydrogens is 338 g/mol. The van der Waals surface area contributed by atoms with Crippen molar-refractivity contribution in [3.05, 3.63) is 59.9 Å². The lowest BCUT2D eigenvalue weighted by Crippen LogP contribution is -2.40. The molecule has 140 valence electrons. The average Bonchev–Trinajstić information content (AvgIpc) is 3.14. The number of aromatic amines is 1. The number of rotatable bonds is 5. The van der Waals surface area contributed by atoms with Crippen LogP contribution in [0.4, 0.5) is 0 Å². The first kappa shape index (κ1) is 17.6. The van der Waals surface area contributed by atoms with Gasteiger partial charge in [-0.1, -0.05) is 12.1 Å². The van der Waals surface area contributed by atoms with Crippen molar-refractivity contribution < 1.29 is 9.53 Å². The molecule has 3 heterocycles. The zero-order valence-corrected chi connectivity index (χ0v) is 15.6. The minimum atomic E-state index is 0.193. The van der Waals surface area contributed by atoms with Gasteiger partial charge < -0.3 is 14.6 Å². The molecule has 4 rings (SSSR count). The fourth-order valence-corrected chi connectivity index (χ4v) is 3.81. The number of fused-ring (bicyclic) bond motifs is 1. The van der Waals surface area contributed by atoms with Crippen LogP contribution in [0.2, 0.25) is 0 Å². The molecule has 1 N–H and O–H groups in total. The van der Waals surface area contributed by atoms with E-state index in [1.54, 1.807) is 0 Å². The van der Waals surface area contributed by atoms with Gasteiger partial charge in [-0.15, -0.1) is 0 Å². The Morgan fingerprint density at radius 1 is 1.30 bits per heavy atom. The number of amides is 1. The highest BCUT2D eigenvalue weighted by Crippen LogP contribution is 2.28. The molecule has 1 atom stereocenters. The molecule has 1 fully saturated rings. The number of hydrogen-bond acceptors (Lipinski definition) is 3. The second-order valence-electron chi connectivity index (χ2n) is 7.09. The summed E-state index contributed by atoms with van der Waals surface area (Å²) in [7, 11) is 0. The predicted octanol–water partition coefficient (Wildman–Crippen LogP) is 3.91. The Balaban J connectivity index is 1.41. The normalized spacial score (nSPS) is 17.2. The smallest absolute Gasteiger partial charge is 0.227 e. The van der Waals surface area contributed by atoms with Crippen molar-refractivity contribution in [2.24, 2.45) is 0 Å². The summed E-state index contributed by atoms with van der Waals surface area (Å²) in [6.07, 6.45) is 4.38. The molecule has 1 amide bonds. The van der Waals surface area contributed by atoms with Gasteiger partial charge in [-0.3, -0.25) is 9.78 Å². The van der Waals surface area contributed by atoms with Gasteiger partial charge in [-0.2, -0.15) is 0 Å². The van der Waals surface area contributed by atoms with Crippen LogP contribution < -0.4 is 4.74 Å². The van der Waals surface area contributed by atoms with Gasteiger partial charge in [-0.05, 0) is 55.7 Å². The minimum absolute atomic E-state index is 0.193. The first-order valence-corrected chi connectivity index (χ1v) is 9.66. The Hall–Kier alpha value is -2.82. The van der Waals surface area contributed by atoms with E-state index < -0.39 is 0 Å². The number of nitrogens with one attached hydrogen (secondary N) is 1. The van der Waals surface area contributed by atoms with E-state index in [4.69, 9.17) is 4.74 Å². The quantitative estimate of drug-likeness (QED) is 0.748. The Morgan fingerprint density at radius 3 is 2.93 bits per heavy atom. The molecule has 1 unspecified atom stereocenters. The molecule has 2 aromatic heterocycles. The highest BCUT2D eigenvalue weighted by atomic mass is 16.5. The second-order valence-corrected chi connectivity index (χ2v) is 7.09. The van der Waals surface area contributed by atoms with Crippen LogP contribution in [0, 0.1) is 0 Å². The number of benzene rings is 1. The summed E-state index contributed by atoms with van der Waals surface area (Å²) in [4.78, 5) is 22.7. The topological polar surface area (TPSA) is 58.2 Å². The summed E-state index contributed by atoms with van der Waals surface area (Å²) in [5.74, 6) is 1.38. The van der Waals surface area contributed by atoms with Crippen molar-refractivity contribution in [3.63, 3.8) is 0 Å². The van der Waals surface area contributed by atoms with Crippen molar-refractivity contribution >= 4 is 16.9 Å². The van der Waals surface area contributed by atoms with Crippen LogP contribution in [-0.2, 0) is 11.2 Å². The zero-order chi connectivity index (χ0) is 18.6. The van der Waals surface area contributed by atoms with Gasteiger partial charge >= 0.3 is 0 Å². The van der Waals surface area contributed by atoms with Crippen molar-refractivity contribution in [1.82, 2.24) is 14.9 Å². The van der Waals surface area contributed by atoms with Crippen LogP contribution in [-0.4, -0.2) is 40.5 Å². The Bertz CT molecular complexity index is 884. The largest absolute Gasteiger partial charge is 0.494 e. The van der Waals surface area contributed by atoms with E-state index in [2.05, 4.69) is 16.0 Å². The number of hydrogen-bond donors (Lipinski definition) is 1. The lowest BCUT2D eigenvalue weighted by Gasteiger charge is -2.32. The fraction of sp³-hybridized carbons (Fsp3) is 0.364. The number of H-pyrrole nitrogens is 1. The van der Waals surface area contributed by atoms with Crippen molar-refractivity contribution in [1.29, 1.82) is 0 Å². The third kappa shape index (κ3) is 3.97. The highest BCUT2D eigenvalue weighted by Gasteiger charge is 2.26. The van der Waals surface area contributed by atoms with Gasteiger partial charge in [0.25, 0.3) is 0 Å². The first-order valence-electron chi connectivity index (χ1n) is 9.66. The molecule has 1 saturated heterocycles. The zero-order valence-electron chi connectivity index (χ0n) is 15.6. The van der Waals surface area contributed by atoms with E-state index in [0.717, 1.165) is 48.3 Å². The predicted molar refractivity (Wildman–Crippen MR) is 106 cm³/mol. The van der Waals surface area contributed by atoms with E-state index in [1.165, 1.54) is 5.69 Å². The minimum Gasteiger partial charge on any atom is -0.494 e. The van der Waals surface area contributed by atoms with Crippen LogP contribution in [0.1, 0.15) is 36.9 Å². The number of likely N-dealkylation sites (tertiary alicyclic amines) is 1. The molecular formula is C22H25N3O2. The summed E-state index contributed by atoms with van der Waals surface area (Å²) in [5.41, 5.74) is 4.26. The molecule has 0 radical (unpaired) electrons. The molecule has 0 aliphatic carbocycles. The molecule has 0 bridgehead atoms. The summed E-state index contributed by atoms with van der Waals surface area (Å²) in [6, 6.07) is 13.9. The third-order valence-corrected chi connectivity index (χ3v) is 5.21. The summed E-state index contributed by atoms with van der Waals surface area (Å²) >= 11 is 0. The lowest BCUT2D eigenvalue weighted by atomic mass is 9.94. The highest BCUT2D eigenvalue weighted by molar-refractivity contribution is 5.79. The fourth-order valence-electron chi connectivity index (χ4n) is 3.81. The third-order valence-electron chi connectivity index (χ3n) is 5.21. The van der Waals surface area contributed by atoms with Gasteiger partial charge in [0.15, 0.2) is 0 Å². The maximum atomic E-state index is 12.8. The lowest BCUT2D eigenvalue weighted by molar-refractivity contribution is -0.131. The number of pyridine rings is 1. The molecule has 0 saturated carbocycles. The SMILES string of the molecule is CCOc1ccc(CC(=O)N2CCCC(c3cc4ncccc4[nH]3)C2)cc1. The van der Waals surface area contributed by atoms with Gasteiger partial charge in [0.2, 0.25) is 5.91 Å². The van der Waals surface area contributed by atoms with Crippen molar-refractivity contribution in [3.8, 4) is 5.75 Å². The number of carbonyl (C=O) groups is 1. The van der Waals surface area contributed by atoms with Crippen LogP contribution in [0.5, 0.6) is 5.75 Å². The summed E-state index contributed by atoms with van der Waals surface area (Å²) in [5, 5.41) is 0. The number of nitrogens with zero attached hydrogens (tertiary/aromatic N) is 2. The second kappa shape index (κ2) is 7.82. The molecule has 5 nitrogen and oxygen atoms in total. The standard InChI is InChI=1S/C22H25N3O2/c1-2-27-18-9-7-16(8-10-18)13-22(26)25-12-4-5-17(15-25)20-14-21-19(24-20)6-3-11-23-21/h3,6-11,14,17,24H,2,4-5,12-13,15H2,1H3. The number of carbonyl (C=O) groups excluding carboxylic acids is 1. The molecule has 0 spiro atoms. The van der Waals surface area contributed by atoms with Crippen LogP contribution in [0.15, 0.2) is 48.7 Å².